The molecule has 2 rings (SSSR count). The molecule has 0 bridgehead atoms. The van der Waals surface area contributed by atoms with Gasteiger partial charge in [0.05, 0.1) is 5.69 Å². The predicted molar refractivity (Wildman–Crippen MR) is 84.7 cm³/mol. The minimum absolute atomic E-state index is 0.583. The fraction of sp³-hybridized carbons (Fsp3) is 0.438. The Morgan fingerprint density at radius 3 is 2.45 bits per heavy atom. The lowest BCUT2D eigenvalue weighted by Gasteiger charge is -2.02. The second kappa shape index (κ2) is 6.98. The largest absolute Gasteiger partial charge is 0.382 e. The van der Waals surface area contributed by atoms with E-state index in [1.54, 1.807) is 0 Å². The summed E-state index contributed by atoms with van der Waals surface area (Å²) in [5.74, 6) is 7.34. The molecule has 0 saturated heterocycles. The summed E-state index contributed by atoms with van der Waals surface area (Å²) in [5.41, 5.74) is 7.98. The van der Waals surface area contributed by atoms with Gasteiger partial charge in [-0.05, 0) is 12.8 Å². The van der Waals surface area contributed by atoms with Crippen molar-refractivity contribution in [2.24, 2.45) is 0 Å². The summed E-state index contributed by atoms with van der Waals surface area (Å²) in [6.45, 7) is 2.22. The van der Waals surface area contributed by atoms with Gasteiger partial charge in [-0.1, -0.05) is 62.9 Å². The SMILES string of the molecule is CCCCCCCc1nc(-c2ccccc2)n(N)c1N. The molecule has 1 aromatic carbocycles. The molecule has 0 unspecified atom stereocenters. The molecule has 0 aliphatic heterocycles. The number of nitrogens with two attached hydrogens (primary N) is 2. The van der Waals surface area contributed by atoms with E-state index < -0.39 is 0 Å². The van der Waals surface area contributed by atoms with Gasteiger partial charge in [-0.25, -0.2) is 9.66 Å². The van der Waals surface area contributed by atoms with Crippen LogP contribution < -0.4 is 11.6 Å². The van der Waals surface area contributed by atoms with Crippen molar-refractivity contribution in [1.82, 2.24) is 9.66 Å². The molecule has 0 aliphatic rings. The number of aryl methyl sites for hydroxylation is 1. The van der Waals surface area contributed by atoms with Crippen LogP contribution in [0.15, 0.2) is 30.3 Å². The normalized spacial score (nSPS) is 10.8. The molecular weight excluding hydrogens is 248 g/mol. The molecule has 1 heterocycles. The Labute approximate surface area is 120 Å². The number of rotatable bonds is 7. The summed E-state index contributed by atoms with van der Waals surface area (Å²) in [4.78, 5) is 4.61. The van der Waals surface area contributed by atoms with E-state index in [0.717, 1.165) is 29.9 Å². The Kier molecular flexibility index (Phi) is 5.04. The van der Waals surface area contributed by atoms with Crippen molar-refractivity contribution in [1.29, 1.82) is 0 Å². The van der Waals surface area contributed by atoms with Crippen LogP contribution >= 0.6 is 0 Å². The number of imidazole rings is 1. The molecule has 0 aliphatic carbocycles. The number of nitrogen functional groups attached to an aromatic ring is 2. The van der Waals surface area contributed by atoms with Crippen molar-refractivity contribution in [3.05, 3.63) is 36.0 Å². The minimum atomic E-state index is 0.583. The van der Waals surface area contributed by atoms with Gasteiger partial charge in [-0.3, -0.25) is 0 Å². The highest BCUT2D eigenvalue weighted by atomic mass is 15.4. The second-order valence-electron chi connectivity index (χ2n) is 5.17. The molecule has 0 spiro atoms. The summed E-state index contributed by atoms with van der Waals surface area (Å²) in [6, 6.07) is 9.92. The van der Waals surface area contributed by atoms with E-state index in [9.17, 15) is 0 Å². The zero-order valence-corrected chi connectivity index (χ0v) is 12.2. The van der Waals surface area contributed by atoms with Crippen LogP contribution in [0.3, 0.4) is 0 Å². The molecule has 0 amide bonds. The Bertz CT molecular complexity index is 531. The molecule has 4 nitrogen and oxygen atoms in total. The maximum Gasteiger partial charge on any atom is 0.160 e. The van der Waals surface area contributed by atoms with Crippen molar-refractivity contribution in [3.63, 3.8) is 0 Å². The molecule has 20 heavy (non-hydrogen) atoms. The number of benzene rings is 1. The Balaban J connectivity index is 2.05. The van der Waals surface area contributed by atoms with Crippen LogP contribution in [0.2, 0.25) is 0 Å². The smallest absolute Gasteiger partial charge is 0.160 e. The van der Waals surface area contributed by atoms with E-state index in [1.165, 1.54) is 30.4 Å². The first-order valence-corrected chi connectivity index (χ1v) is 7.41. The van der Waals surface area contributed by atoms with E-state index in [0.29, 0.717) is 5.82 Å². The van der Waals surface area contributed by atoms with Crippen LogP contribution in [0, 0.1) is 0 Å². The summed E-state index contributed by atoms with van der Waals surface area (Å²) >= 11 is 0. The number of hydrogen-bond donors (Lipinski definition) is 2. The maximum atomic E-state index is 6.06. The van der Waals surface area contributed by atoms with Crippen LogP contribution in [0.25, 0.3) is 11.4 Å². The number of hydrogen-bond acceptors (Lipinski definition) is 3. The molecule has 0 radical (unpaired) electrons. The number of unbranched alkanes of at least 4 members (excludes halogenated alkanes) is 4. The first kappa shape index (κ1) is 14.4. The fourth-order valence-electron chi connectivity index (χ4n) is 2.36. The minimum Gasteiger partial charge on any atom is -0.382 e. The molecule has 4 N–H and O–H groups in total. The molecule has 2 aromatic rings. The van der Waals surface area contributed by atoms with E-state index >= 15 is 0 Å². The van der Waals surface area contributed by atoms with Gasteiger partial charge in [0, 0.05) is 5.56 Å². The highest BCUT2D eigenvalue weighted by molar-refractivity contribution is 5.60. The lowest BCUT2D eigenvalue weighted by Crippen LogP contribution is -2.13. The van der Waals surface area contributed by atoms with E-state index in [1.807, 2.05) is 30.3 Å². The fourth-order valence-corrected chi connectivity index (χ4v) is 2.36. The van der Waals surface area contributed by atoms with Gasteiger partial charge in [0.25, 0.3) is 0 Å². The van der Waals surface area contributed by atoms with Crippen molar-refractivity contribution in [2.45, 2.75) is 45.4 Å². The number of nitrogens with zero attached hydrogens (tertiary/aromatic N) is 2. The first-order valence-electron chi connectivity index (χ1n) is 7.41. The average molecular weight is 272 g/mol. The van der Waals surface area contributed by atoms with Gasteiger partial charge < -0.3 is 11.6 Å². The maximum absolute atomic E-state index is 6.06. The predicted octanol–water partition coefficient (Wildman–Crippen LogP) is 3.36. The quantitative estimate of drug-likeness (QED) is 0.600. The Morgan fingerprint density at radius 1 is 1.05 bits per heavy atom. The summed E-state index contributed by atoms with van der Waals surface area (Å²) in [5, 5.41) is 0. The molecule has 0 atom stereocenters. The summed E-state index contributed by atoms with van der Waals surface area (Å²) < 4.78 is 1.50. The van der Waals surface area contributed by atoms with Crippen LogP contribution in [0.5, 0.6) is 0 Å². The van der Waals surface area contributed by atoms with Crippen molar-refractivity contribution in [3.8, 4) is 11.4 Å². The van der Waals surface area contributed by atoms with Gasteiger partial charge in [0.2, 0.25) is 0 Å². The molecule has 1 aromatic heterocycles. The van der Waals surface area contributed by atoms with E-state index in [2.05, 4.69) is 11.9 Å². The first-order chi connectivity index (χ1) is 9.74. The van der Waals surface area contributed by atoms with Crippen LogP contribution in [-0.4, -0.2) is 9.66 Å². The van der Waals surface area contributed by atoms with E-state index in [-0.39, 0.29) is 0 Å². The van der Waals surface area contributed by atoms with Gasteiger partial charge >= 0.3 is 0 Å². The summed E-state index contributed by atoms with van der Waals surface area (Å²) in [7, 11) is 0. The molecule has 0 saturated carbocycles. The van der Waals surface area contributed by atoms with Gasteiger partial charge in [0.1, 0.15) is 5.82 Å². The zero-order valence-electron chi connectivity index (χ0n) is 12.2. The number of aromatic nitrogens is 2. The third-order valence-electron chi connectivity index (χ3n) is 3.57. The van der Waals surface area contributed by atoms with Gasteiger partial charge in [-0.2, -0.15) is 0 Å². The molecule has 0 fully saturated rings. The highest BCUT2D eigenvalue weighted by Crippen LogP contribution is 2.23. The topological polar surface area (TPSA) is 69.9 Å². The van der Waals surface area contributed by atoms with Crippen LogP contribution in [0.4, 0.5) is 5.82 Å². The van der Waals surface area contributed by atoms with Gasteiger partial charge in [-0.15, -0.1) is 0 Å². The molecule has 108 valence electrons. The van der Waals surface area contributed by atoms with Crippen LogP contribution in [0.1, 0.15) is 44.7 Å². The Morgan fingerprint density at radius 2 is 1.75 bits per heavy atom. The third-order valence-corrected chi connectivity index (χ3v) is 3.57. The lowest BCUT2D eigenvalue weighted by molar-refractivity contribution is 0.629. The standard InChI is InChI=1S/C16H24N4/c1-2-3-4-5-9-12-14-15(17)20(18)16(19-14)13-10-7-6-8-11-13/h6-8,10-11H,2-5,9,12,17-18H2,1H3. The second-order valence-corrected chi connectivity index (χ2v) is 5.17. The molecular formula is C16H24N4. The molecule has 4 heteroatoms. The van der Waals surface area contributed by atoms with E-state index in [4.69, 9.17) is 11.6 Å². The van der Waals surface area contributed by atoms with Gasteiger partial charge in [0.15, 0.2) is 5.82 Å². The zero-order chi connectivity index (χ0) is 14.4. The van der Waals surface area contributed by atoms with Crippen molar-refractivity contribution >= 4 is 5.82 Å². The average Bonchev–Trinajstić information content (AvgIpc) is 2.76. The third kappa shape index (κ3) is 3.32. The van der Waals surface area contributed by atoms with Crippen molar-refractivity contribution in [2.75, 3.05) is 11.6 Å². The lowest BCUT2D eigenvalue weighted by atomic mass is 10.1. The summed E-state index contributed by atoms with van der Waals surface area (Å²) in [6.07, 6.45) is 7.10. The van der Waals surface area contributed by atoms with Crippen LogP contribution in [-0.2, 0) is 6.42 Å². The highest BCUT2D eigenvalue weighted by Gasteiger charge is 2.13. The number of anilines is 1. The monoisotopic (exact) mass is 272 g/mol. The van der Waals surface area contributed by atoms with Crippen molar-refractivity contribution < 1.29 is 0 Å². The Hall–Kier alpha value is -1.97.